The number of halogens is 2. The quantitative estimate of drug-likeness (QED) is 0.227. The Balaban J connectivity index is 1.49. The van der Waals surface area contributed by atoms with E-state index >= 15 is 4.39 Å². The zero-order chi connectivity index (χ0) is 32.4. The van der Waals surface area contributed by atoms with Crippen molar-refractivity contribution in [3.8, 4) is 34.6 Å². The summed E-state index contributed by atoms with van der Waals surface area (Å²) in [6.45, 7) is 3.25. The van der Waals surface area contributed by atoms with Crippen molar-refractivity contribution >= 4 is 23.2 Å². The SMILES string of the molecule is COc1ccc(CN(Cc2ccc(OC)cc2)c2cc(C)cc(-c3c(F)c4c5c(c3Cl)=NCN(CC#N)C=5N(C)C=CO4)n2)cc1. The number of hydrogen-bond acceptors (Lipinski definition) is 9. The molecule has 2 aliphatic heterocycles. The van der Waals surface area contributed by atoms with Gasteiger partial charge in [-0.25, -0.2) is 9.37 Å². The standard InChI is InChI=1S/C35H32ClFN6O3/c1-22-17-27(29-31(36)33-30-34(32(29)37)46-16-15-41(2)35(30)42(14-13-38)21-39-33)40-28(18-22)43(19-23-5-9-25(44-3)10-6-23)20-24-7-11-26(45-4)12-8-24/h5-12,15-18H,14,19-21H2,1-4H3. The molecule has 11 heteroatoms. The van der Waals surface area contributed by atoms with Crippen molar-refractivity contribution in [2.24, 2.45) is 4.99 Å². The van der Waals surface area contributed by atoms with Crippen molar-refractivity contribution in [2.75, 3.05) is 39.4 Å². The van der Waals surface area contributed by atoms with Gasteiger partial charge in [-0.2, -0.15) is 5.26 Å². The molecule has 0 fully saturated rings. The summed E-state index contributed by atoms with van der Waals surface area (Å²) in [7, 11) is 5.08. The predicted molar refractivity (Wildman–Crippen MR) is 174 cm³/mol. The average molecular weight is 639 g/mol. The number of pyridine rings is 1. The van der Waals surface area contributed by atoms with Gasteiger partial charge in [0.2, 0.25) is 0 Å². The Bertz CT molecular complexity index is 1930. The number of nitriles is 1. The van der Waals surface area contributed by atoms with Gasteiger partial charge < -0.3 is 28.9 Å². The van der Waals surface area contributed by atoms with E-state index in [1.165, 1.54) is 6.26 Å². The second kappa shape index (κ2) is 13.0. The topological polar surface area (TPSA) is 86.5 Å². The maximum Gasteiger partial charge on any atom is 0.177 e. The molecule has 0 saturated heterocycles. The zero-order valence-electron chi connectivity index (χ0n) is 25.9. The second-order valence-corrected chi connectivity index (χ2v) is 11.4. The fraction of sp³-hybridized carbons (Fsp3) is 0.229. The van der Waals surface area contributed by atoms with Crippen LogP contribution in [0.3, 0.4) is 0 Å². The van der Waals surface area contributed by atoms with Crippen LogP contribution < -0.4 is 29.7 Å². The molecule has 0 spiro atoms. The zero-order valence-corrected chi connectivity index (χ0v) is 26.7. The molecule has 0 bridgehead atoms. The summed E-state index contributed by atoms with van der Waals surface area (Å²) >= 11 is 7.01. The van der Waals surface area contributed by atoms with Gasteiger partial charge in [0.1, 0.15) is 42.6 Å². The van der Waals surface area contributed by atoms with E-state index < -0.39 is 5.82 Å². The smallest absolute Gasteiger partial charge is 0.177 e. The Morgan fingerprint density at radius 2 is 1.65 bits per heavy atom. The number of hydrogen-bond donors (Lipinski definition) is 0. The first-order valence-corrected chi connectivity index (χ1v) is 15.0. The Hall–Kier alpha value is -5.27. The molecule has 3 heterocycles. The molecule has 0 N–H and O–H groups in total. The molecule has 0 amide bonds. The Morgan fingerprint density at radius 1 is 1.02 bits per heavy atom. The van der Waals surface area contributed by atoms with Gasteiger partial charge >= 0.3 is 0 Å². The van der Waals surface area contributed by atoms with Crippen LogP contribution in [0.25, 0.3) is 17.1 Å². The summed E-state index contributed by atoms with van der Waals surface area (Å²) in [5.74, 6) is 2.09. The second-order valence-electron chi connectivity index (χ2n) is 11.0. The predicted octanol–water partition coefficient (Wildman–Crippen LogP) is 5.35. The Labute approximate surface area is 271 Å². The summed E-state index contributed by atoms with van der Waals surface area (Å²) in [4.78, 5) is 15.3. The number of aromatic nitrogens is 1. The van der Waals surface area contributed by atoms with Crippen LogP contribution in [0.2, 0.25) is 5.02 Å². The molecular weight excluding hydrogens is 607 g/mol. The van der Waals surface area contributed by atoms with E-state index in [0.717, 1.165) is 28.2 Å². The molecule has 1 aromatic heterocycles. The summed E-state index contributed by atoms with van der Waals surface area (Å²) in [6, 6.07) is 21.7. The van der Waals surface area contributed by atoms with Crippen LogP contribution >= 0.6 is 11.6 Å². The highest BCUT2D eigenvalue weighted by Gasteiger charge is 2.29. The van der Waals surface area contributed by atoms with Crippen molar-refractivity contribution in [2.45, 2.75) is 20.0 Å². The van der Waals surface area contributed by atoms with E-state index in [9.17, 15) is 5.26 Å². The van der Waals surface area contributed by atoms with Crippen molar-refractivity contribution < 1.29 is 18.6 Å². The lowest BCUT2D eigenvalue weighted by Crippen LogP contribution is -2.46. The molecule has 2 aliphatic rings. The molecule has 46 heavy (non-hydrogen) atoms. The number of ether oxygens (including phenoxy) is 3. The molecule has 4 aromatic rings. The van der Waals surface area contributed by atoms with Crippen LogP contribution in [-0.2, 0) is 13.1 Å². The minimum atomic E-state index is -0.656. The molecular formula is C35H32ClFN6O3. The number of aryl methyl sites for hydroxylation is 1. The van der Waals surface area contributed by atoms with E-state index in [-0.39, 0.29) is 29.5 Å². The molecule has 3 aromatic carbocycles. The van der Waals surface area contributed by atoms with Gasteiger partial charge in [0.25, 0.3) is 0 Å². The number of rotatable bonds is 9. The van der Waals surface area contributed by atoms with Gasteiger partial charge in [0.05, 0.1) is 47.1 Å². The molecule has 9 nitrogen and oxygen atoms in total. The first kappa shape index (κ1) is 30.7. The third kappa shape index (κ3) is 5.89. The Morgan fingerprint density at radius 3 is 2.24 bits per heavy atom. The Kier molecular flexibility index (Phi) is 8.68. The van der Waals surface area contributed by atoms with Crippen LogP contribution in [0.5, 0.6) is 17.2 Å². The first-order valence-electron chi connectivity index (χ1n) is 14.6. The normalized spacial score (nSPS) is 13.3. The number of methoxy groups -OCH3 is 2. The largest absolute Gasteiger partial charge is 0.497 e. The highest BCUT2D eigenvalue weighted by atomic mass is 35.5. The minimum absolute atomic E-state index is 0.0189. The molecule has 0 atom stereocenters. The molecule has 234 valence electrons. The maximum absolute atomic E-state index is 16.7. The lowest BCUT2D eigenvalue weighted by atomic mass is 10.0. The third-order valence-electron chi connectivity index (χ3n) is 7.90. The van der Waals surface area contributed by atoms with E-state index in [0.29, 0.717) is 41.0 Å². The summed E-state index contributed by atoms with van der Waals surface area (Å²) in [5, 5.41) is 10.3. The number of nitrogens with zero attached hydrogens (tertiary/aromatic N) is 6. The van der Waals surface area contributed by atoms with Crippen molar-refractivity contribution in [3.63, 3.8) is 0 Å². The van der Waals surface area contributed by atoms with Crippen molar-refractivity contribution in [3.05, 3.63) is 111 Å². The monoisotopic (exact) mass is 638 g/mol. The first-order chi connectivity index (χ1) is 22.3. The van der Waals surface area contributed by atoms with Gasteiger partial charge in [-0.1, -0.05) is 35.9 Å². The van der Waals surface area contributed by atoms with Gasteiger partial charge in [-0.15, -0.1) is 0 Å². The van der Waals surface area contributed by atoms with Crippen LogP contribution in [-0.4, -0.2) is 49.3 Å². The molecule has 6 rings (SSSR count). The van der Waals surface area contributed by atoms with E-state index in [4.69, 9.17) is 30.8 Å². The summed E-state index contributed by atoms with van der Waals surface area (Å²) < 4.78 is 33.2. The average Bonchev–Trinajstić information content (AvgIpc) is 3.24. The van der Waals surface area contributed by atoms with Crippen LogP contribution in [0, 0.1) is 24.1 Å². The van der Waals surface area contributed by atoms with Gasteiger partial charge in [0.15, 0.2) is 11.6 Å². The van der Waals surface area contributed by atoms with Gasteiger partial charge in [-0.3, -0.25) is 4.99 Å². The van der Waals surface area contributed by atoms with E-state index in [1.807, 2.05) is 61.5 Å². The summed E-state index contributed by atoms with van der Waals surface area (Å²) in [5.41, 5.74) is 3.42. The summed E-state index contributed by atoms with van der Waals surface area (Å²) in [6.07, 6.45) is 3.08. The maximum atomic E-state index is 16.7. The van der Waals surface area contributed by atoms with Gasteiger partial charge in [-0.05, 0) is 60.0 Å². The van der Waals surface area contributed by atoms with Crippen molar-refractivity contribution in [1.29, 1.82) is 5.26 Å². The van der Waals surface area contributed by atoms with Crippen LogP contribution in [0.4, 0.5) is 10.2 Å². The number of anilines is 1. The van der Waals surface area contributed by atoms with E-state index in [2.05, 4.69) is 16.0 Å². The number of benzene rings is 3. The van der Waals surface area contributed by atoms with Crippen molar-refractivity contribution in [1.82, 2.24) is 14.8 Å². The molecule has 0 saturated carbocycles. The third-order valence-corrected chi connectivity index (χ3v) is 8.27. The lowest BCUT2D eigenvalue weighted by Gasteiger charge is -2.30. The fourth-order valence-corrected chi connectivity index (χ4v) is 5.99. The fourth-order valence-electron chi connectivity index (χ4n) is 5.66. The van der Waals surface area contributed by atoms with Gasteiger partial charge in [0, 0.05) is 26.3 Å². The highest BCUT2D eigenvalue weighted by molar-refractivity contribution is 6.33. The molecule has 0 unspecified atom stereocenters. The lowest BCUT2D eigenvalue weighted by molar-refractivity contribution is 0.368. The molecule has 0 aliphatic carbocycles. The highest BCUT2D eigenvalue weighted by Crippen LogP contribution is 2.35. The van der Waals surface area contributed by atoms with Crippen LogP contribution in [0.1, 0.15) is 16.7 Å². The molecule has 0 radical (unpaired) electrons. The minimum Gasteiger partial charge on any atom is -0.497 e. The van der Waals surface area contributed by atoms with E-state index in [1.54, 1.807) is 43.3 Å². The van der Waals surface area contributed by atoms with Crippen LogP contribution in [0.15, 0.2) is 78.1 Å².